The van der Waals surface area contributed by atoms with Crippen molar-refractivity contribution in [2.75, 3.05) is 20.8 Å². The van der Waals surface area contributed by atoms with Gasteiger partial charge in [-0.05, 0) is 18.2 Å². The molecule has 1 saturated heterocycles. The lowest BCUT2D eigenvalue weighted by Gasteiger charge is -2.21. The molecule has 0 amide bonds. The molecule has 0 spiro atoms. The van der Waals surface area contributed by atoms with Gasteiger partial charge < -0.3 is 13.9 Å². The van der Waals surface area contributed by atoms with E-state index in [-0.39, 0.29) is 23.4 Å². The molecule has 2 atom stereocenters. The number of carbonyl (C=O) groups is 1. The van der Waals surface area contributed by atoms with Crippen molar-refractivity contribution in [3.05, 3.63) is 28.7 Å². The van der Waals surface area contributed by atoms with Crippen LogP contribution in [-0.2, 0) is 31.3 Å². The zero-order valence-electron chi connectivity index (χ0n) is 14.0. The first-order valence-corrected chi connectivity index (χ1v) is 8.95. The van der Waals surface area contributed by atoms with Gasteiger partial charge in [0, 0.05) is 27.1 Å². The van der Waals surface area contributed by atoms with Crippen molar-refractivity contribution < 1.29 is 27.1 Å². The molecule has 0 bridgehead atoms. The third-order valence-electron chi connectivity index (χ3n) is 4.39. The number of ether oxygens (including phenoxy) is 2. The van der Waals surface area contributed by atoms with Gasteiger partial charge in [-0.1, -0.05) is 0 Å². The highest BCUT2D eigenvalue weighted by Gasteiger charge is 2.44. The summed E-state index contributed by atoms with van der Waals surface area (Å²) in [5.41, 5.74) is 0.635. The molecule has 1 aromatic heterocycles. The summed E-state index contributed by atoms with van der Waals surface area (Å²) in [6.45, 7) is 0.0426. The quantitative estimate of drug-likeness (QED) is 0.702. The first kappa shape index (κ1) is 17.6. The van der Waals surface area contributed by atoms with Crippen molar-refractivity contribution in [2.24, 2.45) is 7.05 Å². The summed E-state index contributed by atoms with van der Waals surface area (Å²) in [5, 5.41) is 0. The first-order valence-electron chi connectivity index (χ1n) is 7.51. The van der Waals surface area contributed by atoms with Crippen molar-refractivity contribution in [2.45, 2.75) is 23.5 Å². The van der Waals surface area contributed by atoms with Gasteiger partial charge in [0.05, 0.1) is 23.6 Å². The highest BCUT2D eigenvalue weighted by atomic mass is 32.2. The minimum absolute atomic E-state index is 0.0398. The van der Waals surface area contributed by atoms with Gasteiger partial charge in [0.15, 0.2) is 5.58 Å². The Bertz CT molecular complexity index is 975. The molecule has 2 aromatic rings. The van der Waals surface area contributed by atoms with Crippen LogP contribution in [0.4, 0.5) is 0 Å². The van der Waals surface area contributed by atoms with Crippen molar-refractivity contribution in [3.63, 3.8) is 0 Å². The van der Waals surface area contributed by atoms with Crippen LogP contribution in [0.25, 0.3) is 11.1 Å². The molecule has 0 N–H and O–H groups in total. The smallest absolute Gasteiger partial charge is 0.419 e. The van der Waals surface area contributed by atoms with Crippen LogP contribution >= 0.6 is 0 Å². The van der Waals surface area contributed by atoms with Crippen LogP contribution in [0.1, 0.15) is 6.42 Å². The van der Waals surface area contributed by atoms with E-state index in [1.807, 2.05) is 0 Å². The summed E-state index contributed by atoms with van der Waals surface area (Å²) in [7, 11) is 0.165. The fourth-order valence-electron chi connectivity index (χ4n) is 2.96. The second-order valence-corrected chi connectivity index (χ2v) is 7.65. The van der Waals surface area contributed by atoms with E-state index in [1.54, 1.807) is 0 Å². The molecule has 9 nitrogen and oxygen atoms in total. The largest absolute Gasteiger partial charge is 0.468 e. The van der Waals surface area contributed by atoms with Gasteiger partial charge in [-0.15, -0.1) is 0 Å². The Morgan fingerprint density at radius 2 is 2.04 bits per heavy atom. The molecule has 3 rings (SSSR count). The Kier molecular flexibility index (Phi) is 4.43. The number of fused-ring (bicyclic) bond motifs is 1. The number of hydrogen-bond donors (Lipinski definition) is 0. The number of aryl methyl sites for hydroxylation is 1. The number of sulfonamides is 1. The standard InChI is InChI=1S/C15H18N2O7S/c1-16-11-7-10(4-5-13(11)24-15(16)19)25(20,21)17-8-9(22-2)6-12(17)14(18)23-3/h4-5,7,9,12H,6,8H2,1-3H3/t9-,12+/m1/s1. The number of methoxy groups -OCH3 is 2. The summed E-state index contributed by atoms with van der Waals surface area (Å²) < 4.78 is 43.3. The Morgan fingerprint density at radius 1 is 1.32 bits per heavy atom. The normalized spacial score (nSPS) is 21.7. The molecule has 0 aliphatic carbocycles. The van der Waals surface area contributed by atoms with E-state index in [2.05, 4.69) is 0 Å². The molecule has 1 fully saturated rings. The van der Waals surface area contributed by atoms with Crippen LogP contribution in [-0.4, -0.2) is 56.2 Å². The molecule has 1 aliphatic rings. The van der Waals surface area contributed by atoms with Gasteiger partial charge in [-0.2, -0.15) is 4.31 Å². The van der Waals surface area contributed by atoms with Crippen molar-refractivity contribution in [1.82, 2.24) is 8.87 Å². The Morgan fingerprint density at radius 3 is 2.68 bits per heavy atom. The zero-order chi connectivity index (χ0) is 18.4. The second kappa shape index (κ2) is 6.28. The molecule has 10 heteroatoms. The predicted molar refractivity (Wildman–Crippen MR) is 86.6 cm³/mol. The van der Waals surface area contributed by atoms with Crippen molar-refractivity contribution in [3.8, 4) is 0 Å². The molecule has 0 saturated carbocycles. The van der Waals surface area contributed by atoms with Crippen molar-refractivity contribution >= 4 is 27.1 Å². The van der Waals surface area contributed by atoms with Crippen LogP contribution in [0.2, 0.25) is 0 Å². The maximum atomic E-state index is 13.0. The Hall–Kier alpha value is -2.17. The molecule has 0 radical (unpaired) electrons. The van der Waals surface area contributed by atoms with E-state index in [9.17, 15) is 18.0 Å². The zero-order valence-corrected chi connectivity index (χ0v) is 14.8. The number of benzene rings is 1. The molecular weight excluding hydrogens is 352 g/mol. The first-order chi connectivity index (χ1) is 11.8. The predicted octanol–water partition coefficient (Wildman–Crippen LogP) is 0.0825. The molecule has 0 unspecified atom stereocenters. The van der Waals surface area contributed by atoms with E-state index >= 15 is 0 Å². The number of esters is 1. The van der Waals surface area contributed by atoms with Gasteiger partial charge in [0.2, 0.25) is 10.0 Å². The molecule has 25 heavy (non-hydrogen) atoms. The highest BCUT2D eigenvalue weighted by molar-refractivity contribution is 7.89. The van der Waals surface area contributed by atoms with Gasteiger partial charge in [-0.25, -0.2) is 13.2 Å². The molecule has 2 heterocycles. The fraction of sp³-hybridized carbons (Fsp3) is 0.467. The van der Waals surface area contributed by atoms with Crippen molar-refractivity contribution in [1.29, 1.82) is 0 Å². The fourth-order valence-corrected chi connectivity index (χ4v) is 4.60. The second-order valence-electron chi connectivity index (χ2n) is 5.76. The molecule has 1 aromatic carbocycles. The summed E-state index contributed by atoms with van der Waals surface area (Å²) in [6, 6.07) is 3.16. The lowest BCUT2D eigenvalue weighted by atomic mass is 10.2. The average molecular weight is 370 g/mol. The van der Waals surface area contributed by atoms with Crippen LogP contribution in [0, 0.1) is 0 Å². The maximum Gasteiger partial charge on any atom is 0.419 e. The topological polar surface area (TPSA) is 108 Å². The monoisotopic (exact) mass is 370 g/mol. The maximum absolute atomic E-state index is 13.0. The van der Waals surface area contributed by atoms with E-state index < -0.39 is 33.9 Å². The number of aromatic nitrogens is 1. The van der Waals surface area contributed by atoms with E-state index in [1.165, 1.54) is 44.0 Å². The lowest BCUT2D eigenvalue weighted by molar-refractivity contribution is -0.144. The average Bonchev–Trinajstić information content (AvgIpc) is 3.16. The SMILES string of the molecule is COC(=O)[C@@H]1C[C@@H](OC)CN1S(=O)(=O)c1ccc2oc(=O)n(C)c2c1. The summed E-state index contributed by atoms with van der Waals surface area (Å²) >= 11 is 0. The van der Waals surface area contributed by atoms with E-state index in [4.69, 9.17) is 13.9 Å². The molecule has 136 valence electrons. The Balaban J connectivity index is 2.06. The Labute approximate surface area is 143 Å². The summed E-state index contributed by atoms with van der Waals surface area (Å²) in [5.74, 6) is -1.22. The number of nitrogens with zero attached hydrogens (tertiary/aromatic N) is 2. The number of hydrogen-bond acceptors (Lipinski definition) is 7. The van der Waals surface area contributed by atoms with Gasteiger partial charge in [0.1, 0.15) is 6.04 Å². The van der Waals surface area contributed by atoms with Crippen LogP contribution < -0.4 is 5.76 Å². The van der Waals surface area contributed by atoms with Crippen LogP contribution in [0.15, 0.2) is 32.3 Å². The number of oxazole rings is 1. The van der Waals surface area contributed by atoms with Crippen LogP contribution in [0.3, 0.4) is 0 Å². The van der Waals surface area contributed by atoms with E-state index in [0.717, 1.165) is 4.31 Å². The summed E-state index contributed by atoms with van der Waals surface area (Å²) in [4.78, 5) is 23.5. The van der Waals surface area contributed by atoms with Gasteiger partial charge in [0.25, 0.3) is 0 Å². The molecular formula is C15H18N2O7S. The van der Waals surface area contributed by atoms with Gasteiger partial charge in [-0.3, -0.25) is 9.36 Å². The lowest BCUT2D eigenvalue weighted by Crippen LogP contribution is -2.41. The summed E-state index contributed by atoms with van der Waals surface area (Å²) in [6.07, 6.45) is -0.185. The number of carbonyl (C=O) groups excluding carboxylic acids is 1. The minimum atomic E-state index is -3.99. The van der Waals surface area contributed by atoms with Gasteiger partial charge >= 0.3 is 11.7 Å². The van der Waals surface area contributed by atoms with E-state index in [0.29, 0.717) is 5.52 Å². The third-order valence-corrected chi connectivity index (χ3v) is 6.26. The van der Waals surface area contributed by atoms with Crippen LogP contribution in [0.5, 0.6) is 0 Å². The number of rotatable bonds is 4. The minimum Gasteiger partial charge on any atom is -0.468 e. The third kappa shape index (κ3) is 2.86. The highest BCUT2D eigenvalue weighted by Crippen LogP contribution is 2.29. The molecule has 1 aliphatic heterocycles.